The average Bonchev–Trinajstić information content (AvgIpc) is 3.61. The first-order valence-corrected chi connectivity index (χ1v) is 12.6. The van der Waals surface area contributed by atoms with Crippen molar-refractivity contribution in [1.82, 2.24) is 24.8 Å². The lowest BCUT2D eigenvalue weighted by Crippen LogP contribution is -2.25. The largest absolute Gasteiger partial charge is 0.497 e. The predicted molar refractivity (Wildman–Crippen MR) is 137 cm³/mol. The van der Waals surface area contributed by atoms with Crippen LogP contribution >= 0.6 is 0 Å². The Bertz CT molecular complexity index is 1290. The number of carbonyl (C=O) groups excluding carboxylic acids is 1. The molecule has 0 aliphatic heterocycles. The molecule has 2 aromatic heterocycles. The van der Waals surface area contributed by atoms with Crippen molar-refractivity contribution in [1.29, 1.82) is 0 Å². The topological polar surface area (TPSA) is 93.3 Å². The number of methoxy groups -OCH3 is 1. The van der Waals surface area contributed by atoms with Gasteiger partial charge in [-0.05, 0) is 80.0 Å². The van der Waals surface area contributed by atoms with Crippen LogP contribution in [-0.2, 0) is 11.3 Å². The minimum Gasteiger partial charge on any atom is -0.497 e. The van der Waals surface area contributed by atoms with Crippen molar-refractivity contribution in [2.24, 2.45) is 0 Å². The molecule has 0 atom stereocenters. The highest BCUT2D eigenvalue weighted by atomic mass is 16.5. The Kier molecular flexibility index (Phi) is 7.49. The summed E-state index contributed by atoms with van der Waals surface area (Å²) in [6.07, 6.45) is 7.45. The zero-order chi connectivity index (χ0) is 25.6. The first-order chi connectivity index (χ1) is 18.1. The lowest BCUT2D eigenvalue weighted by molar-refractivity contribution is 0.0507. The van der Waals surface area contributed by atoms with Gasteiger partial charge in [0.25, 0.3) is 0 Å². The van der Waals surface area contributed by atoms with Gasteiger partial charge in [0.1, 0.15) is 11.9 Å². The number of aromatic nitrogens is 5. The van der Waals surface area contributed by atoms with Crippen LogP contribution in [0.4, 0.5) is 0 Å². The minimum atomic E-state index is -0.524. The molecule has 37 heavy (non-hydrogen) atoms. The van der Waals surface area contributed by atoms with Gasteiger partial charge in [-0.1, -0.05) is 29.5 Å². The average molecular weight is 502 g/mol. The van der Waals surface area contributed by atoms with Gasteiger partial charge in [0.2, 0.25) is 11.6 Å². The molecule has 1 saturated carbocycles. The number of ether oxygens (including phenoxy) is 3. The fraction of sp³-hybridized carbons (Fsp3) is 0.357. The van der Waals surface area contributed by atoms with Crippen LogP contribution in [0.15, 0.2) is 67.0 Å². The van der Waals surface area contributed by atoms with Crippen LogP contribution in [0.25, 0.3) is 5.69 Å². The molecule has 0 amide bonds. The molecular formula is C28H31N5O4. The summed E-state index contributed by atoms with van der Waals surface area (Å²) in [4.78, 5) is 12.6. The number of carbonyl (C=O) groups is 1. The quantitative estimate of drug-likeness (QED) is 0.304. The second kappa shape index (κ2) is 11.3. The summed E-state index contributed by atoms with van der Waals surface area (Å²) in [5, 5.41) is 12.6. The molecular weight excluding hydrogens is 470 g/mol. The third kappa shape index (κ3) is 5.66. The van der Waals surface area contributed by atoms with Crippen LogP contribution < -0.4 is 9.47 Å². The molecule has 192 valence electrons. The van der Waals surface area contributed by atoms with E-state index in [0.717, 1.165) is 42.7 Å². The second-order valence-electron chi connectivity index (χ2n) is 9.10. The standard InChI is InChI=1S/C28H31N5O4/c1-3-36-28(34)26-27(33(31-30-26)19-20-5-13-24(35-2)14-6-20)37-25-15-9-22(10-16-25)21-7-11-23(12-8-21)32-18-4-17-29-32/h4-8,11-14,17-18,22,25H,3,9-10,15-16,19H2,1-2H3. The summed E-state index contributed by atoms with van der Waals surface area (Å²) in [5.74, 6) is 1.09. The Labute approximate surface area is 216 Å². The Morgan fingerprint density at radius 3 is 2.43 bits per heavy atom. The number of rotatable bonds is 9. The molecule has 1 aliphatic carbocycles. The number of hydrogen-bond acceptors (Lipinski definition) is 7. The zero-order valence-corrected chi connectivity index (χ0v) is 21.1. The maximum absolute atomic E-state index is 12.6. The van der Waals surface area contributed by atoms with Gasteiger partial charge in [-0.3, -0.25) is 0 Å². The van der Waals surface area contributed by atoms with E-state index in [1.807, 2.05) is 41.2 Å². The zero-order valence-electron chi connectivity index (χ0n) is 21.1. The minimum absolute atomic E-state index is 0.0270. The first-order valence-electron chi connectivity index (χ1n) is 12.6. The van der Waals surface area contributed by atoms with E-state index in [1.54, 1.807) is 24.9 Å². The van der Waals surface area contributed by atoms with Gasteiger partial charge >= 0.3 is 5.97 Å². The Morgan fingerprint density at radius 2 is 1.78 bits per heavy atom. The molecule has 9 nitrogen and oxygen atoms in total. The van der Waals surface area contributed by atoms with E-state index in [9.17, 15) is 4.79 Å². The Morgan fingerprint density at radius 1 is 1.03 bits per heavy atom. The molecule has 2 heterocycles. The molecule has 0 bridgehead atoms. The highest BCUT2D eigenvalue weighted by molar-refractivity contribution is 5.89. The smallest absolute Gasteiger partial charge is 0.364 e. The molecule has 2 aromatic carbocycles. The van der Waals surface area contributed by atoms with Crippen molar-refractivity contribution >= 4 is 5.97 Å². The molecule has 0 unspecified atom stereocenters. The number of hydrogen-bond donors (Lipinski definition) is 0. The summed E-state index contributed by atoms with van der Waals surface area (Å²) < 4.78 is 20.3. The lowest BCUT2D eigenvalue weighted by Gasteiger charge is -2.29. The fourth-order valence-electron chi connectivity index (χ4n) is 4.75. The molecule has 1 fully saturated rings. The summed E-state index contributed by atoms with van der Waals surface area (Å²) >= 11 is 0. The monoisotopic (exact) mass is 501 g/mol. The molecule has 4 aromatic rings. The first kappa shape index (κ1) is 24.5. The summed E-state index contributed by atoms with van der Waals surface area (Å²) in [6.45, 7) is 2.45. The van der Waals surface area contributed by atoms with Gasteiger partial charge < -0.3 is 14.2 Å². The molecule has 5 rings (SSSR count). The van der Waals surface area contributed by atoms with Crippen LogP contribution in [0, 0.1) is 0 Å². The van der Waals surface area contributed by atoms with E-state index in [2.05, 4.69) is 39.7 Å². The van der Waals surface area contributed by atoms with Crippen LogP contribution in [-0.4, -0.2) is 50.6 Å². The molecule has 0 radical (unpaired) electrons. The van der Waals surface area contributed by atoms with Crippen LogP contribution in [0.1, 0.15) is 60.1 Å². The molecule has 0 spiro atoms. The maximum atomic E-state index is 12.6. The van der Waals surface area contributed by atoms with E-state index in [1.165, 1.54) is 5.56 Å². The van der Waals surface area contributed by atoms with Crippen LogP contribution in [0.2, 0.25) is 0 Å². The second-order valence-corrected chi connectivity index (χ2v) is 9.10. The third-order valence-corrected chi connectivity index (χ3v) is 6.74. The van der Waals surface area contributed by atoms with Crippen molar-refractivity contribution in [2.45, 2.75) is 51.2 Å². The number of benzene rings is 2. The highest BCUT2D eigenvalue weighted by Gasteiger charge is 2.29. The SMILES string of the molecule is CCOC(=O)c1nnn(Cc2ccc(OC)cc2)c1OC1CCC(c2ccc(-n3cccn3)cc2)CC1. The Hall–Kier alpha value is -4.14. The van der Waals surface area contributed by atoms with Gasteiger partial charge in [-0.2, -0.15) is 5.10 Å². The van der Waals surface area contributed by atoms with Crippen molar-refractivity contribution in [3.63, 3.8) is 0 Å². The van der Waals surface area contributed by atoms with Gasteiger partial charge in [0, 0.05) is 12.4 Å². The summed E-state index contributed by atoms with van der Waals surface area (Å²) in [7, 11) is 1.63. The molecule has 1 aliphatic rings. The molecule has 9 heteroatoms. The van der Waals surface area contributed by atoms with Gasteiger partial charge in [-0.25, -0.2) is 14.2 Å². The number of nitrogens with zero attached hydrogens (tertiary/aromatic N) is 5. The van der Waals surface area contributed by atoms with E-state index in [-0.39, 0.29) is 18.4 Å². The van der Waals surface area contributed by atoms with Crippen molar-refractivity contribution in [3.05, 3.63) is 83.8 Å². The van der Waals surface area contributed by atoms with Gasteiger partial charge in [-0.15, -0.1) is 5.10 Å². The molecule has 0 N–H and O–H groups in total. The maximum Gasteiger partial charge on any atom is 0.364 e. The van der Waals surface area contributed by atoms with E-state index >= 15 is 0 Å². The predicted octanol–water partition coefficient (Wildman–Crippen LogP) is 4.80. The summed E-state index contributed by atoms with van der Waals surface area (Å²) in [6, 6.07) is 18.2. The van der Waals surface area contributed by atoms with Crippen molar-refractivity contribution in [3.8, 4) is 17.3 Å². The van der Waals surface area contributed by atoms with Crippen molar-refractivity contribution < 1.29 is 19.0 Å². The Balaban J connectivity index is 1.26. The van der Waals surface area contributed by atoms with Gasteiger partial charge in [0.05, 0.1) is 25.9 Å². The normalized spacial score (nSPS) is 17.4. The van der Waals surface area contributed by atoms with Gasteiger partial charge in [0.15, 0.2) is 0 Å². The summed E-state index contributed by atoms with van der Waals surface area (Å²) in [5.41, 5.74) is 3.49. The number of esters is 1. The van der Waals surface area contributed by atoms with Crippen LogP contribution in [0.5, 0.6) is 11.6 Å². The van der Waals surface area contributed by atoms with Crippen LogP contribution in [0.3, 0.4) is 0 Å². The fourth-order valence-corrected chi connectivity index (χ4v) is 4.75. The lowest BCUT2D eigenvalue weighted by atomic mass is 9.82. The third-order valence-electron chi connectivity index (χ3n) is 6.74. The highest BCUT2D eigenvalue weighted by Crippen LogP contribution is 2.35. The van der Waals surface area contributed by atoms with Crippen molar-refractivity contribution in [2.75, 3.05) is 13.7 Å². The molecule has 0 saturated heterocycles. The van der Waals surface area contributed by atoms with E-state index < -0.39 is 5.97 Å². The van der Waals surface area contributed by atoms with E-state index in [4.69, 9.17) is 14.2 Å². The van der Waals surface area contributed by atoms with E-state index in [0.29, 0.717) is 18.3 Å².